The number of hydrogen-bond acceptors (Lipinski definition) is 0. The summed E-state index contributed by atoms with van der Waals surface area (Å²) >= 11 is 0. The zero-order valence-corrected chi connectivity index (χ0v) is 3.72. The fourth-order valence-corrected chi connectivity index (χ4v) is 0.860. The molecule has 0 aliphatic heterocycles. The van der Waals surface area contributed by atoms with Crippen molar-refractivity contribution >= 4 is 0 Å². The SMILES string of the molecule is C1=CC1C1CC1. The monoisotopic (exact) mass is 80.1 g/mol. The highest BCUT2D eigenvalue weighted by Gasteiger charge is 2.32. The average molecular weight is 80.1 g/mol. The fraction of sp³-hybridized carbons (Fsp3) is 0.667. The van der Waals surface area contributed by atoms with Gasteiger partial charge in [0.05, 0.1) is 0 Å². The molecule has 0 bridgehead atoms. The van der Waals surface area contributed by atoms with Crippen LogP contribution >= 0.6 is 0 Å². The Labute approximate surface area is 37.9 Å². The first-order valence-electron chi connectivity index (χ1n) is 2.65. The molecule has 0 nitrogen and oxygen atoms in total. The second-order valence-corrected chi connectivity index (χ2v) is 2.30. The molecule has 0 radical (unpaired) electrons. The van der Waals surface area contributed by atoms with E-state index in [9.17, 15) is 0 Å². The van der Waals surface area contributed by atoms with Crippen molar-refractivity contribution in [3.05, 3.63) is 12.2 Å². The van der Waals surface area contributed by atoms with Gasteiger partial charge in [-0.05, 0) is 24.7 Å². The highest BCUT2D eigenvalue weighted by molar-refractivity contribution is 5.18. The summed E-state index contributed by atoms with van der Waals surface area (Å²) in [4.78, 5) is 0. The molecule has 1 saturated carbocycles. The summed E-state index contributed by atoms with van der Waals surface area (Å²) in [7, 11) is 0. The largest absolute Gasteiger partial charge is 0.0807 e. The molecule has 2 aliphatic carbocycles. The molecule has 2 rings (SSSR count). The van der Waals surface area contributed by atoms with Crippen molar-refractivity contribution in [2.24, 2.45) is 11.8 Å². The molecule has 0 aromatic heterocycles. The van der Waals surface area contributed by atoms with Crippen LogP contribution in [0.15, 0.2) is 12.2 Å². The average Bonchev–Trinajstić information content (AvgIpc) is 2.26. The van der Waals surface area contributed by atoms with Crippen LogP contribution in [0.2, 0.25) is 0 Å². The molecule has 0 heteroatoms. The second kappa shape index (κ2) is 0.699. The Kier molecular flexibility index (Phi) is 0.331. The maximum absolute atomic E-state index is 2.30. The van der Waals surface area contributed by atoms with E-state index in [1.54, 1.807) is 0 Å². The minimum Gasteiger partial charge on any atom is -0.0807 e. The van der Waals surface area contributed by atoms with Gasteiger partial charge < -0.3 is 0 Å². The van der Waals surface area contributed by atoms with Crippen LogP contribution in [0.5, 0.6) is 0 Å². The Hall–Kier alpha value is -0.260. The molecule has 0 spiro atoms. The summed E-state index contributed by atoms with van der Waals surface area (Å²) in [5.74, 6) is 2.06. The number of rotatable bonds is 1. The van der Waals surface area contributed by atoms with Crippen LogP contribution in [0.25, 0.3) is 0 Å². The van der Waals surface area contributed by atoms with Gasteiger partial charge in [0.25, 0.3) is 0 Å². The topological polar surface area (TPSA) is 0 Å². The lowest BCUT2D eigenvalue weighted by Crippen LogP contribution is -1.73. The molecule has 0 N–H and O–H groups in total. The summed E-state index contributed by atoms with van der Waals surface area (Å²) in [5.41, 5.74) is 0. The third kappa shape index (κ3) is 0.296. The van der Waals surface area contributed by atoms with E-state index >= 15 is 0 Å². The van der Waals surface area contributed by atoms with Crippen LogP contribution < -0.4 is 0 Å². The molecule has 0 atom stereocenters. The van der Waals surface area contributed by atoms with Crippen LogP contribution in [-0.2, 0) is 0 Å². The molecule has 2 aliphatic rings. The van der Waals surface area contributed by atoms with Gasteiger partial charge in [0.1, 0.15) is 0 Å². The second-order valence-electron chi connectivity index (χ2n) is 2.30. The predicted molar refractivity (Wildman–Crippen MR) is 25.4 cm³/mol. The lowest BCUT2D eigenvalue weighted by Gasteiger charge is -1.79. The predicted octanol–water partition coefficient (Wildman–Crippen LogP) is 1.58. The van der Waals surface area contributed by atoms with Crippen LogP contribution in [-0.4, -0.2) is 0 Å². The van der Waals surface area contributed by atoms with E-state index in [1.807, 2.05) is 0 Å². The van der Waals surface area contributed by atoms with Gasteiger partial charge in [-0.2, -0.15) is 0 Å². The van der Waals surface area contributed by atoms with Gasteiger partial charge in [0, 0.05) is 0 Å². The van der Waals surface area contributed by atoms with E-state index in [0.29, 0.717) is 0 Å². The van der Waals surface area contributed by atoms with Gasteiger partial charge in [-0.3, -0.25) is 0 Å². The first-order chi connectivity index (χ1) is 2.97. The molecule has 0 aromatic carbocycles. The first-order valence-corrected chi connectivity index (χ1v) is 2.65. The normalized spacial score (nSPS) is 31.3. The summed E-state index contributed by atoms with van der Waals surface area (Å²) < 4.78 is 0. The summed E-state index contributed by atoms with van der Waals surface area (Å²) in [6.45, 7) is 0. The molecular weight excluding hydrogens is 72.1 g/mol. The van der Waals surface area contributed by atoms with E-state index in [2.05, 4.69) is 12.2 Å². The van der Waals surface area contributed by atoms with Crippen LogP contribution in [0, 0.1) is 11.8 Å². The van der Waals surface area contributed by atoms with E-state index < -0.39 is 0 Å². The van der Waals surface area contributed by atoms with E-state index in [1.165, 1.54) is 12.8 Å². The zero-order chi connectivity index (χ0) is 3.98. The Morgan fingerprint density at radius 3 is 2.00 bits per heavy atom. The standard InChI is InChI=1S/C6H8/c1-2-5(1)6-3-4-6/h1-2,5-6H,3-4H2. The van der Waals surface area contributed by atoms with Crippen molar-refractivity contribution in [3.63, 3.8) is 0 Å². The number of allylic oxidation sites excluding steroid dienone is 2. The van der Waals surface area contributed by atoms with Gasteiger partial charge in [-0.1, -0.05) is 12.2 Å². The van der Waals surface area contributed by atoms with E-state index in [0.717, 1.165) is 11.8 Å². The van der Waals surface area contributed by atoms with Gasteiger partial charge in [-0.15, -0.1) is 0 Å². The Bertz CT molecular complexity index is 82.2. The van der Waals surface area contributed by atoms with Gasteiger partial charge in [0.15, 0.2) is 0 Å². The van der Waals surface area contributed by atoms with Gasteiger partial charge in [0.2, 0.25) is 0 Å². The van der Waals surface area contributed by atoms with Crippen molar-refractivity contribution in [1.82, 2.24) is 0 Å². The molecular formula is C6H8. The molecule has 32 valence electrons. The van der Waals surface area contributed by atoms with Gasteiger partial charge >= 0.3 is 0 Å². The summed E-state index contributed by atoms with van der Waals surface area (Å²) in [5, 5.41) is 0. The van der Waals surface area contributed by atoms with E-state index in [-0.39, 0.29) is 0 Å². The minimum absolute atomic E-state index is 0.963. The molecule has 0 aromatic rings. The molecule has 1 fully saturated rings. The molecule has 0 unspecified atom stereocenters. The quantitative estimate of drug-likeness (QED) is 0.419. The van der Waals surface area contributed by atoms with Crippen molar-refractivity contribution in [2.75, 3.05) is 0 Å². The summed E-state index contributed by atoms with van der Waals surface area (Å²) in [6, 6.07) is 0. The summed E-state index contributed by atoms with van der Waals surface area (Å²) in [6.07, 6.45) is 7.60. The zero-order valence-electron chi connectivity index (χ0n) is 3.72. The van der Waals surface area contributed by atoms with Gasteiger partial charge in [-0.25, -0.2) is 0 Å². The smallest absolute Gasteiger partial charge is 0.00248 e. The molecule has 0 heterocycles. The fourth-order valence-electron chi connectivity index (χ4n) is 0.860. The Morgan fingerprint density at radius 1 is 1.17 bits per heavy atom. The van der Waals surface area contributed by atoms with E-state index in [4.69, 9.17) is 0 Å². The first kappa shape index (κ1) is 2.84. The van der Waals surface area contributed by atoms with Crippen molar-refractivity contribution in [3.8, 4) is 0 Å². The highest BCUT2D eigenvalue weighted by Crippen LogP contribution is 2.43. The number of hydrogen-bond donors (Lipinski definition) is 0. The maximum atomic E-state index is 2.30. The maximum Gasteiger partial charge on any atom is -0.00248 e. The van der Waals surface area contributed by atoms with Crippen molar-refractivity contribution in [2.45, 2.75) is 12.8 Å². The third-order valence-electron chi connectivity index (χ3n) is 1.58. The Morgan fingerprint density at radius 2 is 1.83 bits per heavy atom. The van der Waals surface area contributed by atoms with Crippen LogP contribution in [0.1, 0.15) is 12.8 Å². The molecule has 0 amide bonds. The van der Waals surface area contributed by atoms with Crippen LogP contribution in [0.4, 0.5) is 0 Å². The lowest BCUT2D eigenvalue weighted by molar-refractivity contribution is 0.774. The Balaban J connectivity index is 1.94. The van der Waals surface area contributed by atoms with Crippen molar-refractivity contribution < 1.29 is 0 Å². The highest BCUT2D eigenvalue weighted by atomic mass is 14.4. The molecule has 0 saturated heterocycles. The van der Waals surface area contributed by atoms with Crippen molar-refractivity contribution in [1.29, 1.82) is 0 Å². The minimum atomic E-state index is 0.963. The lowest BCUT2D eigenvalue weighted by atomic mass is 10.2. The molecule has 6 heavy (non-hydrogen) atoms. The van der Waals surface area contributed by atoms with Crippen LogP contribution in [0.3, 0.4) is 0 Å². The third-order valence-corrected chi connectivity index (χ3v) is 1.58.